The number of carbonyl (C=O) groups excluding carboxylic acids is 3. The molecule has 0 spiro atoms. The summed E-state index contributed by atoms with van der Waals surface area (Å²) in [7, 11) is 0. The highest BCUT2D eigenvalue weighted by Crippen LogP contribution is 2.25. The molecule has 160 valence electrons. The lowest BCUT2D eigenvalue weighted by atomic mass is 10.1. The zero-order chi connectivity index (χ0) is 22.7. The van der Waals surface area contributed by atoms with Crippen LogP contribution in [0.1, 0.15) is 11.1 Å². The van der Waals surface area contributed by atoms with Crippen LogP contribution >= 0.6 is 11.6 Å². The molecule has 0 unspecified atom stereocenters. The van der Waals surface area contributed by atoms with E-state index < -0.39 is 17.8 Å². The monoisotopic (exact) mass is 450 g/mol. The fourth-order valence-corrected chi connectivity index (χ4v) is 3.30. The molecule has 0 bridgehead atoms. The van der Waals surface area contributed by atoms with Crippen molar-refractivity contribution in [2.45, 2.75) is 6.61 Å². The summed E-state index contributed by atoms with van der Waals surface area (Å²) in [6.07, 6.45) is 1.38. The van der Waals surface area contributed by atoms with Gasteiger partial charge in [-0.2, -0.15) is 0 Å². The predicted molar refractivity (Wildman–Crippen MR) is 118 cm³/mol. The van der Waals surface area contributed by atoms with E-state index in [0.717, 1.165) is 4.90 Å². The third-order valence-corrected chi connectivity index (χ3v) is 4.95. The Hall–Kier alpha value is -3.97. The van der Waals surface area contributed by atoms with Gasteiger partial charge in [-0.3, -0.25) is 14.9 Å². The average Bonchev–Trinajstić information content (AvgIpc) is 2.77. The highest BCUT2D eigenvalue weighted by Gasteiger charge is 2.36. The van der Waals surface area contributed by atoms with E-state index in [-0.39, 0.29) is 23.7 Å². The molecule has 1 heterocycles. The lowest BCUT2D eigenvalue weighted by Crippen LogP contribution is -2.54. The molecule has 8 heteroatoms. The number of imide groups is 2. The van der Waals surface area contributed by atoms with Gasteiger partial charge in [0.05, 0.1) is 5.69 Å². The van der Waals surface area contributed by atoms with E-state index in [1.54, 1.807) is 60.7 Å². The van der Waals surface area contributed by atoms with Crippen LogP contribution in [0, 0.1) is 5.82 Å². The van der Waals surface area contributed by atoms with Gasteiger partial charge in [-0.25, -0.2) is 14.1 Å². The number of amides is 4. The van der Waals surface area contributed by atoms with E-state index >= 15 is 0 Å². The van der Waals surface area contributed by atoms with Gasteiger partial charge in [0.2, 0.25) is 0 Å². The molecule has 0 atom stereocenters. The molecule has 0 aliphatic carbocycles. The number of rotatable bonds is 5. The standard InChI is InChI=1S/C24H16ClFN2O4/c25-17-5-3-6-18(13-17)28-23(30)20(22(29)27-24(28)31)12-15-8-10-19(11-9-15)32-14-16-4-1-2-7-21(16)26/h1-13H,14H2,(H,27,29,31)/b20-12+. The fourth-order valence-electron chi connectivity index (χ4n) is 3.11. The van der Waals surface area contributed by atoms with Gasteiger partial charge in [0, 0.05) is 10.6 Å². The Bertz CT molecular complexity index is 1240. The summed E-state index contributed by atoms with van der Waals surface area (Å²) in [6.45, 7) is 0.0602. The van der Waals surface area contributed by atoms with Gasteiger partial charge in [0.15, 0.2) is 0 Å². The molecule has 0 aromatic heterocycles. The minimum atomic E-state index is -0.851. The first-order chi connectivity index (χ1) is 15.4. The molecule has 4 rings (SSSR count). The Kier molecular flexibility index (Phi) is 6.00. The fraction of sp³-hybridized carbons (Fsp3) is 0.0417. The van der Waals surface area contributed by atoms with Crippen LogP contribution < -0.4 is 15.0 Å². The van der Waals surface area contributed by atoms with Gasteiger partial charge in [-0.05, 0) is 48.0 Å². The summed E-state index contributed by atoms with van der Waals surface area (Å²) in [6, 6.07) is 18.2. The van der Waals surface area contributed by atoms with Crippen molar-refractivity contribution < 1.29 is 23.5 Å². The van der Waals surface area contributed by atoms with Crippen molar-refractivity contribution >= 4 is 41.2 Å². The van der Waals surface area contributed by atoms with Crippen molar-refractivity contribution in [2.24, 2.45) is 0 Å². The number of nitrogens with one attached hydrogen (secondary N) is 1. The van der Waals surface area contributed by atoms with Crippen LogP contribution in [0.3, 0.4) is 0 Å². The summed E-state index contributed by atoms with van der Waals surface area (Å²) >= 11 is 5.96. The number of hydrogen-bond donors (Lipinski definition) is 1. The van der Waals surface area contributed by atoms with Crippen molar-refractivity contribution in [3.63, 3.8) is 0 Å². The van der Waals surface area contributed by atoms with Gasteiger partial charge in [0.25, 0.3) is 11.8 Å². The molecule has 1 saturated heterocycles. The molecule has 0 saturated carbocycles. The molecule has 4 amide bonds. The Morgan fingerprint density at radius 2 is 1.72 bits per heavy atom. The summed E-state index contributed by atoms with van der Waals surface area (Å²) < 4.78 is 19.3. The van der Waals surface area contributed by atoms with E-state index in [1.165, 1.54) is 18.2 Å². The molecule has 3 aromatic carbocycles. The Morgan fingerprint density at radius 1 is 0.969 bits per heavy atom. The topological polar surface area (TPSA) is 75.7 Å². The van der Waals surface area contributed by atoms with Gasteiger partial charge in [-0.15, -0.1) is 0 Å². The molecular weight excluding hydrogens is 435 g/mol. The summed E-state index contributed by atoms with van der Waals surface area (Å²) in [5.41, 5.74) is 1.01. The van der Waals surface area contributed by atoms with Crippen LogP contribution in [0.15, 0.2) is 78.4 Å². The first-order valence-corrected chi connectivity index (χ1v) is 9.93. The van der Waals surface area contributed by atoms with E-state index in [0.29, 0.717) is 21.9 Å². The van der Waals surface area contributed by atoms with Crippen molar-refractivity contribution in [2.75, 3.05) is 4.90 Å². The lowest BCUT2D eigenvalue weighted by molar-refractivity contribution is -0.122. The van der Waals surface area contributed by atoms with Crippen molar-refractivity contribution in [3.05, 3.63) is 100 Å². The molecule has 0 radical (unpaired) electrons. The van der Waals surface area contributed by atoms with Crippen molar-refractivity contribution in [1.82, 2.24) is 5.32 Å². The van der Waals surface area contributed by atoms with Crippen LogP contribution in [0.25, 0.3) is 6.08 Å². The maximum absolute atomic E-state index is 13.7. The maximum atomic E-state index is 13.7. The van der Waals surface area contributed by atoms with E-state index in [4.69, 9.17) is 16.3 Å². The zero-order valence-corrected chi connectivity index (χ0v) is 17.3. The number of ether oxygens (including phenoxy) is 1. The second kappa shape index (κ2) is 9.03. The maximum Gasteiger partial charge on any atom is 0.335 e. The number of nitrogens with zero attached hydrogens (tertiary/aromatic N) is 1. The smallest absolute Gasteiger partial charge is 0.335 e. The Labute approximate surface area is 187 Å². The molecule has 1 N–H and O–H groups in total. The highest BCUT2D eigenvalue weighted by molar-refractivity contribution is 6.39. The summed E-state index contributed by atoms with van der Waals surface area (Å²) in [5, 5.41) is 2.50. The number of hydrogen-bond acceptors (Lipinski definition) is 4. The minimum Gasteiger partial charge on any atom is -0.489 e. The summed E-state index contributed by atoms with van der Waals surface area (Å²) in [5.74, 6) is -1.42. The normalized spacial score (nSPS) is 15.1. The van der Waals surface area contributed by atoms with Crippen molar-refractivity contribution in [1.29, 1.82) is 0 Å². The molecule has 1 aliphatic heterocycles. The van der Waals surface area contributed by atoms with E-state index in [9.17, 15) is 18.8 Å². The van der Waals surface area contributed by atoms with Gasteiger partial charge >= 0.3 is 6.03 Å². The molecule has 1 fully saturated rings. The SMILES string of the molecule is O=C1NC(=O)N(c2cccc(Cl)c2)C(=O)/C1=C/c1ccc(OCc2ccccc2F)cc1. The first kappa shape index (κ1) is 21.3. The van der Waals surface area contributed by atoms with Crippen LogP contribution in [-0.4, -0.2) is 17.8 Å². The third-order valence-electron chi connectivity index (χ3n) is 4.71. The van der Waals surface area contributed by atoms with Crippen molar-refractivity contribution in [3.8, 4) is 5.75 Å². The number of urea groups is 1. The van der Waals surface area contributed by atoms with Gasteiger partial charge in [0.1, 0.15) is 23.7 Å². The van der Waals surface area contributed by atoms with Crippen LogP contribution in [0.5, 0.6) is 5.75 Å². The first-order valence-electron chi connectivity index (χ1n) is 9.55. The van der Waals surface area contributed by atoms with Gasteiger partial charge < -0.3 is 4.74 Å². The highest BCUT2D eigenvalue weighted by atomic mass is 35.5. The van der Waals surface area contributed by atoms with Crippen LogP contribution in [0.2, 0.25) is 5.02 Å². The molecule has 1 aliphatic rings. The van der Waals surface area contributed by atoms with Gasteiger partial charge in [-0.1, -0.05) is 48.0 Å². The number of barbiturate groups is 1. The quantitative estimate of drug-likeness (QED) is 0.450. The Balaban J connectivity index is 1.53. The number of halogens is 2. The second-order valence-corrected chi connectivity index (χ2v) is 7.32. The number of carbonyl (C=O) groups is 3. The molecule has 6 nitrogen and oxygen atoms in total. The van der Waals surface area contributed by atoms with Crippen LogP contribution in [0.4, 0.5) is 14.9 Å². The van der Waals surface area contributed by atoms with E-state index in [1.807, 2.05) is 0 Å². The molecule has 32 heavy (non-hydrogen) atoms. The van der Waals surface area contributed by atoms with E-state index in [2.05, 4.69) is 5.32 Å². The van der Waals surface area contributed by atoms with Crippen LogP contribution in [-0.2, 0) is 16.2 Å². The predicted octanol–water partition coefficient (Wildman–Crippen LogP) is 4.72. The second-order valence-electron chi connectivity index (χ2n) is 6.89. The molecular formula is C24H16ClFN2O4. The number of benzene rings is 3. The summed E-state index contributed by atoms with van der Waals surface area (Å²) in [4.78, 5) is 38.3. The lowest BCUT2D eigenvalue weighted by Gasteiger charge is -2.26. The minimum absolute atomic E-state index is 0.0602. The largest absolute Gasteiger partial charge is 0.489 e. The Morgan fingerprint density at radius 3 is 2.44 bits per heavy atom. The molecule has 3 aromatic rings. The number of anilines is 1. The zero-order valence-electron chi connectivity index (χ0n) is 16.5. The third kappa shape index (κ3) is 4.53. The average molecular weight is 451 g/mol.